The second kappa shape index (κ2) is 9.56. The van der Waals surface area contributed by atoms with Gasteiger partial charge in [0.1, 0.15) is 5.75 Å². The number of hydrogen-bond acceptors (Lipinski definition) is 6. The molecule has 3 aromatic carbocycles. The Morgan fingerprint density at radius 3 is 2.47 bits per heavy atom. The number of para-hydroxylation sites is 2. The van der Waals surface area contributed by atoms with E-state index in [1.165, 1.54) is 16.4 Å². The summed E-state index contributed by atoms with van der Waals surface area (Å²) in [6.07, 6.45) is -1.09. The lowest BCUT2D eigenvalue weighted by molar-refractivity contribution is -0.122. The summed E-state index contributed by atoms with van der Waals surface area (Å²) in [6, 6.07) is 19.5. The zero-order valence-electron chi connectivity index (χ0n) is 18.7. The minimum Gasteiger partial charge on any atom is -0.476 e. The minimum atomic E-state index is -3.92. The summed E-state index contributed by atoms with van der Waals surface area (Å²) in [5, 5.41) is 2.78. The van der Waals surface area contributed by atoms with Gasteiger partial charge in [-0.3, -0.25) is 9.10 Å². The van der Waals surface area contributed by atoms with Crippen molar-refractivity contribution in [3.05, 3.63) is 83.9 Å². The molecule has 1 heterocycles. The highest BCUT2D eigenvalue weighted by Crippen LogP contribution is 2.37. The van der Waals surface area contributed by atoms with Crippen molar-refractivity contribution in [1.82, 2.24) is 0 Å². The van der Waals surface area contributed by atoms with E-state index in [0.29, 0.717) is 28.3 Å². The normalized spacial score (nSPS) is 15.1. The zero-order chi connectivity index (χ0) is 24.3. The SMILES string of the molecule is CCOC(=O)c1ccc(NC(=O)[C@@H]2CN(S(=O)(=O)c3ccccc3)c3ccccc3O2)c(C)c1. The summed E-state index contributed by atoms with van der Waals surface area (Å²) in [5.74, 6) is -0.657. The maximum atomic E-state index is 13.4. The van der Waals surface area contributed by atoms with E-state index in [9.17, 15) is 18.0 Å². The number of ether oxygens (including phenoxy) is 2. The summed E-state index contributed by atoms with van der Waals surface area (Å²) in [7, 11) is -3.92. The molecule has 9 heteroatoms. The number of nitrogens with one attached hydrogen (secondary N) is 1. The first-order chi connectivity index (χ1) is 16.3. The third kappa shape index (κ3) is 4.60. The molecule has 0 bridgehead atoms. The Morgan fingerprint density at radius 1 is 1.06 bits per heavy atom. The molecule has 1 atom stereocenters. The van der Waals surface area contributed by atoms with E-state index in [1.807, 2.05) is 0 Å². The second-order valence-electron chi connectivity index (χ2n) is 7.66. The maximum Gasteiger partial charge on any atom is 0.338 e. The predicted octanol–water partition coefficient (Wildman–Crippen LogP) is 3.77. The van der Waals surface area contributed by atoms with Crippen LogP contribution in [0.5, 0.6) is 5.75 Å². The minimum absolute atomic E-state index is 0.122. The molecular weight excluding hydrogens is 456 g/mol. The first-order valence-corrected chi connectivity index (χ1v) is 12.2. The monoisotopic (exact) mass is 480 g/mol. The van der Waals surface area contributed by atoms with Gasteiger partial charge in [0.15, 0.2) is 6.10 Å². The number of nitrogens with zero attached hydrogens (tertiary/aromatic N) is 1. The molecule has 1 N–H and O–H groups in total. The lowest BCUT2D eigenvalue weighted by Gasteiger charge is -2.34. The van der Waals surface area contributed by atoms with Crippen molar-refractivity contribution in [2.24, 2.45) is 0 Å². The molecular formula is C25H24N2O6S. The van der Waals surface area contributed by atoms with Crippen molar-refractivity contribution in [3.8, 4) is 5.75 Å². The molecule has 4 rings (SSSR count). The molecule has 176 valence electrons. The molecule has 1 aliphatic rings. The van der Waals surface area contributed by atoms with E-state index in [2.05, 4.69) is 5.32 Å². The fourth-order valence-corrected chi connectivity index (χ4v) is 5.14. The Labute approximate surface area is 198 Å². The van der Waals surface area contributed by atoms with Crippen LogP contribution in [-0.2, 0) is 19.6 Å². The molecule has 1 amide bonds. The standard InChI is InChI=1S/C25H24N2O6S/c1-3-32-25(29)18-13-14-20(17(2)15-18)26-24(28)23-16-27(21-11-7-8-12-22(21)33-23)34(30,31)19-9-5-4-6-10-19/h4-15,23H,3,16H2,1-2H3,(H,26,28)/t23-/m0/s1. The topological polar surface area (TPSA) is 102 Å². The number of fused-ring (bicyclic) bond motifs is 1. The molecule has 8 nitrogen and oxygen atoms in total. The summed E-state index contributed by atoms with van der Waals surface area (Å²) in [5.41, 5.74) is 1.88. The number of aryl methyl sites for hydroxylation is 1. The number of esters is 1. The van der Waals surface area contributed by atoms with E-state index >= 15 is 0 Å². The molecule has 0 saturated carbocycles. The summed E-state index contributed by atoms with van der Waals surface area (Å²) >= 11 is 0. The van der Waals surface area contributed by atoms with Gasteiger partial charge in [0.2, 0.25) is 0 Å². The number of hydrogen-bond donors (Lipinski definition) is 1. The molecule has 1 aliphatic heterocycles. The number of anilines is 2. The van der Waals surface area contributed by atoms with Crippen LogP contribution in [0.1, 0.15) is 22.8 Å². The van der Waals surface area contributed by atoms with Gasteiger partial charge in [-0.2, -0.15) is 0 Å². The van der Waals surface area contributed by atoms with Crippen molar-refractivity contribution in [2.45, 2.75) is 24.8 Å². The van der Waals surface area contributed by atoms with Crippen molar-refractivity contribution in [1.29, 1.82) is 0 Å². The van der Waals surface area contributed by atoms with Crippen molar-refractivity contribution >= 4 is 33.3 Å². The van der Waals surface area contributed by atoms with Crippen molar-refractivity contribution in [2.75, 3.05) is 22.8 Å². The highest BCUT2D eigenvalue weighted by atomic mass is 32.2. The van der Waals surface area contributed by atoms with Gasteiger partial charge in [-0.25, -0.2) is 13.2 Å². The molecule has 34 heavy (non-hydrogen) atoms. The molecule has 0 radical (unpaired) electrons. The molecule has 0 unspecified atom stereocenters. The third-order valence-electron chi connectivity index (χ3n) is 5.35. The van der Waals surface area contributed by atoms with E-state index in [0.717, 1.165) is 0 Å². The number of amides is 1. The fraction of sp³-hybridized carbons (Fsp3) is 0.200. The Kier molecular flexibility index (Phi) is 6.56. The molecule has 0 spiro atoms. The van der Waals surface area contributed by atoms with E-state index in [-0.39, 0.29) is 18.0 Å². The van der Waals surface area contributed by atoms with Crippen LogP contribution in [0.3, 0.4) is 0 Å². The largest absolute Gasteiger partial charge is 0.476 e. The van der Waals surface area contributed by atoms with Gasteiger partial charge in [0.05, 0.1) is 29.3 Å². The molecule has 3 aromatic rings. The van der Waals surface area contributed by atoms with Crippen LogP contribution >= 0.6 is 0 Å². The summed E-state index contributed by atoms with van der Waals surface area (Å²) < 4.78 is 38.8. The van der Waals surface area contributed by atoms with Gasteiger partial charge in [-0.15, -0.1) is 0 Å². The smallest absolute Gasteiger partial charge is 0.338 e. The van der Waals surface area contributed by atoms with Gasteiger partial charge in [0, 0.05) is 5.69 Å². The number of carbonyl (C=O) groups excluding carboxylic acids is 2. The van der Waals surface area contributed by atoms with Gasteiger partial charge in [0.25, 0.3) is 15.9 Å². The van der Waals surface area contributed by atoms with Crippen LogP contribution in [0, 0.1) is 6.92 Å². The van der Waals surface area contributed by atoms with Crippen LogP contribution in [0.4, 0.5) is 11.4 Å². The number of sulfonamides is 1. The highest BCUT2D eigenvalue weighted by Gasteiger charge is 2.37. The van der Waals surface area contributed by atoms with E-state index in [4.69, 9.17) is 9.47 Å². The Balaban J connectivity index is 1.60. The highest BCUT2D eigenvalue weighted by molar-refractivity contribution is 7.92. The zero-order valence-corrected chi connectivity index (χ0v) is 19.5. The third-order valence-corrected chi connectivity index (χ3v) is 7.15. The second-order valence-corrected chi connectivity index (χ2v) is 9.53. The maximum absolute atomic E-state index is 13.4. The number of rotatable bonds is 6. The van der Waals surface area contributed by atoms with Crippen LogP contribution in [0.15, 0.2) is 77.7 Å². The first kappa shape index (κ1) is 23.3. The molecule has 0 saturated heterocycles. The molecule has 0 aliphatic carbocycles. The Hall–Kier alpha value is -3.85. The number of carbonyl (C=O) groups is 2. The van der Waals surface area contributed by atoms with Crippen LogP contribution in [0.25, 0.3) is 0 Å². The first-order valence-electron chi connectivity index (χ1n) is 10.7. The van der Waals surface area contributed by atoms with Crippen LogP contribution in [0.2, 0.25) is 0 Å². The molecule has 0 fully saturated rings. The van der Waals surface area contributed by atoms with E-state index in [1.54, 1.807) is 74.5 Å². The average Bonchev–Trinajstić information content (AvgIpc) is 2.85. The van der Waals surface area contributed by atoms with Gasteiger partial charge in [-0.05, 0) is 61.9 Å². The average molecular weight is 481 g/mol. The predicted molar refractivity (Wildman–Crippen MR) is 128 cm³/mol. The Bertz CT molecular complexity index is 1320. The van der Waals surface area contributed by atoms with Crippen LogP contribution in [-0.4, -0.2) is 39.5 Å². The van der Waals surface area contributed by atoms with Gasteiger partial charge >= 0.3 is 5.97 Å². The lowest BCUT2D eigenvalue weighted by Crippen LogP contribution is -2.48. The van der Waals surface area contributed by atoms with Gasteiger partial charge < -0.3 is 14.8 Å². The summed E-state index contributed by atoms with van der Waals surface area (Å²) in [4.78, 5) is 25.2. The number of benzene rings is 3. The van der Waals surface area contributed by atoms with E-state index < -0.39 is 28.0 Å². The van der Waals surface area contributed by atoms with Crippen LogP contribution < -0.4 is 14.4 Å². The molecule has 0 aromatic heterocycles. The van der Waals surface area contributed by atoms with Gasteiger partial charge in [-0.1, -0.05) is 30.3 Å². The summed E-state index contributed by atoms with van der Waals surface area (Å²) in [6.45, 7) is 3.55. The fourth-order valence-electron chi connectivity index (χ4n) is 3.64. The van der Waals surface area contributed by atoms with Crippen molar-refractivity contribution in [3.63, 3.8) is 0 Å². The lowest BCUT2D eigenvalue weighted by atomic mass is 10.1. The Morgan fingerprint density at radius 2 is 1.76 bits per heavy atom. The quantitative estimate of drug-likeness (QED) is 0.539. The van der Waals surface area contributed by atoms with Crippen molar-refractivity contribution < 1.29 is 27.5 Å².